The summed E-state index contributed by atoms with van der Waals surface area (Å²) < 4.78 is 5.24. The minimum atomic E-state index is -0.417. The molecule has 22 heavy (non-hydrogen) atoms. The molecule has 4 heteroatoms. The molecule has 0 N–H and O–H groups in total. The minimum absolute atomic E-state index is 0.0785. The summed E-state index contributed by atoms with van der Waals surface area (Å²) in [5, 5.41) is 0. The summed E-state index contributed by atoms with van der Waals surface area (Å²) in [5.74, 6) is -0.496. The SMILES string of the molecule is CCC1CCCCN1C(=O)COC(=O)c1cccc(C)c1C. The van der Waals surface area contributed by atoms with Crippen molar-refractivity contribution < 1.29 is 14.3 Å². The van der Waals surface area contributed by atoms with E-state index in [0.29, 0.717) is 11.6 Å². The second-order valence-corrected chi connectivity index (χ2v) is 5.97. The predicted molar refractivity (Wildman–Crippen MR) is 85.8 cm³/mol. The Hall–Kier alpha value is -1.84. The fourth-order valence-corrected chi connectivity index (χ4v) is 3.01. The van der Waals surface area contributed by atoms with Crippen molar-refractivity contribution >= 4 is 11.9 Å². The zero-order chi connectivity index (χ0) is 16.1. The van der Waals surface area contributed by atoms with E-state index in [1.54, 1.807) is 6.07 Å². The van der Waals surface area contributed by atoms with Gasteiger partial charge in [-0.05, 0) is 56.7 Å². The Labute approximate surface area is 132 Å². The number of rotatable bonds is 4. The van der Waals surface area contributed by atoms with Crippen molar-refractivity contribution in [3.63, 3.8) is 0 Å². The van der Waals surface area contributed by atoms with Gasteiger partial charge in [0.1, 0.15) is 0 Å². The van der Waals surface area contributed by atoms with Gasteiger partial charge in [-0.25, -0.2) is 4.79 Å². The van der Waals surface area contributed by atoms with Crippen molar-refractivity contribution in [3.8, 4) is 0 Å². The molecule has 0 aromatic heterocycles. The first-order valence-electron chi connectivity index (χ1n) is 8.07. The average molecular weight is 303 g/mol. The lowest BCUT2D eigenvalue weighted by molar-refractivity contribution is -0.138. The van der Waals surface area contributed by atoms with Crippen molar-refractivity contribution in [2.45, 2.75) is 52.5 Å². The maximum Gasteiger partial charge on any atom is 0.338 e. The lowest BCUT2D eigenvalue weighted by atomic mass is 10.00. The number of hydrogen-bond acceptors (Lipinski definition) is 3. The first kappa shape index (κ1) is 16.5. The fourth-order valence-electron chi connectivity index (χ4n) is 3.01. The van der Waals surface area contributed by atoms with Gasteiger partial charge in [0.2, 0.25) is 0 Å². The molecule has 1 saturated heterocycles. The summed E-state index contributed by atoms with van der Waals surface area (Å²) in [4.78, 5) is 26.3. The Kier molecular flexibility index (Phi) is 5.58. The number of esters is 1. The van der Waals surface area contributed by atoms with Crippen LogP contribution in [0.3, 0.4) is 0 Å². The van der Waals surface area contributed by atoms with E-state index in [4.69, 9.17) is 4.74 Å². The summed E-state index contributed by atoms with van der Waals surface area (Å²) in [6.45, 7) is 6.56. The Morgan fingerprint density at radius 3 is 2.77 bits per heavy atom. The second kappa shape index (κ2) is 7.43. The van der Waals surface area contributed by atoms with E-state index in [2.05, 4.69) is 6.92 Å². The number of hydrogen-bond donors (Lipinski definition) is 0. The molecule has 1 aliphatic heterocycles. The topological polar surface area (TPSA) is 46.6 Å². The number of ether oxygens (including phenoxy) is 1. The van der Waals surface area contributed by atoms with E-state index < -0.39 is 5.97 Å². The van der Waals surface area contributed by atoms with Gasteiger partial charge >= 0.3 is 5.97 Å². The van der Waals surface area contributed by atoms with Crippen LogP contribution in [0.15, 0.2) is 18.2 Å². The number of aryl methyl sites for hydroxylation is 1. The normalized spacial score (nSPS) is 18.1. The van der Waals surface area contributed by atoms with Crippen molar-refractivity contribution in [3.05, 3.63) is 34.9 Å². The highest BCUT2D eigenvalue weighted by molar-refractivity contribution is 5.93. The van der Waals surface area contributed by atoms with Crippen LogP contribution in [-0.2, 0) is 9.53 Å². The third-order valence-corrected chi connectivity index (χ3v) is 4.57. The molecule has 2 rings (SSSR count). The number of amides is 1. The van der Waals surface area contributed by atoms with Gasteiger partial charge in [-0.2, -0.15) is 0 Å². The molecule has 0 aliphatic carbocycles. The molecule has 1 aliphatic rings. The fraction of sp³-hybridized carbons (Fsp3) is 0.556. The molecule has 1 unspecified atom stereocenters. The largest absolute Gasteiger partial charge is 0.452 e. The van der Waals surface area contributed by atoms with Crippen molar-refractivity contribution in [2.24, 2.45) is 0 Å². The van der Waals surface area contributed by atoms with Gasteiger partial charge in [-0.15, -0.1) is 0 Å². The molecule has 0 radical (unpaired) electrons. The average Bonchev–Trinajstić information content (AvgIpc) is 2.54. The van der Waals surface area contributed by atoms with Crippen LogP contribution in [0.2, 0.25) is 0 Å². The Morgan fingerprint density at radius 2 is 2.05 bits per heavy atom. The van der Waals surface area contributed by atoms with Crippen LogP contribution in [0, 0.1) is 13.8 Å². The molecule has 1 heterocycles. The monoisotopic (exact) mass is 303 g/mol. The van der Waals surface area contributed by atoms with Crippen LogP contribution < -0.4 is 0 Å². The molecular weight excluding hydrogens is 278 g/mol. The van der Waals surface area contributed by atoms with Gasteiger partial charge in [0.25, 0.3) is 5.91 Å². The van der Waals surface area contributed by atoms with E-state index in [9.17, 15) is 9.59 Å². The Bertz CT molecular complexity index is 553. The zero-order valence-corrected chi connectivity index (χ0v) is 13.7. The summed E-state index contributed by atoms with van der Waals surface area (Å²) in [6.07, 6.45) is 4.21. The second-order valence-electron chi connectivity index (χ2n) is 5.97. The molecule has 1 atom stereocenters. The highest BCUT2D eigenvalue weighted by atomic mass is 16.5. The summed E-state index contributed by atoms with van der Waals surface area (Å²) >= 11 is 0. The van der Waals surface area contributed by atoms with Crippen molar-refractivity contribution in [1.82, 2.24) is 4.90 Å². The summed E-state index contributed by atoms with van der Waals surface area (Å²) in [5.41, 5.74) is 2.49. The molecule has 4 nitrogen and oxygen atoms in total. The molecule has 1 aromatic rings. The van der Waals surface area contributed by atoms with Gasteiger partial charge in [0, 0.05) is 12.6 Å². The molecule has 0 spiro atoms. The standard InChI is InChI=1S/C18H25NO3/c1-4-15-9-5-6-11-19(15)17(20)12-22-18(21)16-10-7-8-13(2)14(16)3/h7-8,10,15H,4-6,9,11-12H2,1-3H3. The lowest BCUT2D eigenvalue weighted by Crippen LogP contribution is -2.45. The molecule has 0 bridgehead atoms. The van der Waals surface area contributed by atoms with Crippen LogP contribution in [0.25, 0.3) is 0 Å². The Morgan fingerprint density at radius 1 is 1.27 bits per heavy atom. The number of carbonyl (C=O) groups excluding carboxylic acids is 2. The van der Waals surface area contributed by atoms with Gasteiger partial charge in [0.05, 0.1) is 5.56 Å². The van der Waals surface area contributed by atoms with Gasteiger partial charge in [-0.1, -0.05) is 19.1 Å². The lowest BCUT2D eigenvalue weighted by Gasteiger charge is -2.35. The number of likely N-dealkylation sites (tertiary alicyclic amines) is 1. The molecular formula is C18H25NO3. The summed E-state index contributed by atoms with van der Waals surface area (Å²) in [6, 6.07) is 5.82. The molecule has 1 amide bonds. The first-order chi connectivity index (χ1) is 10.5. The predicted octanol–water partition coefficient (Wildman–Crippen LogP) is 3.25. The maximum absolute atomic E-state index is 12.3. The quantitative estimate of drug-likeness (QED) is 0.802. The summed E-state index contributed by atoms with van der Waals surface area (Å²) in [7, 11) is 0. The third kappa shape index (κ3) is 3.67. The molecule has 1 aromatic carbocycles. The molecule has 0 saturated carbocycles. The van der Waals surface area contributed by atoms with Gasteiger partial charge in [0.15, 0.2) is 6.61 Å². The van der Waals surface area contributed by atoms with Crippen LogP contribution >= 0.6 is 0 Å². The maximum atomic E-state index is 12.3. The highest BCUT2D eigenvalue weighted by Crippen LogP contribution is 2.20. The van der Waals surface area contributed by atoms with Crippen LogP contribution in [-0.4, -0.2) is 36.0 Å². The number of piperidine rings is 1. The smallest absolute Gasteiger partial charge is 0.338 e. The van der Waals surface area contributed by atoms with E-state index in [0.717, 1.165) is 36.9 Å². The third-order valence-electron chi connectivity index (χ3n) is 4.57. The first-order valence-corrected chi connectivity index (χ1v) is 8.07. The zero-order valence-electron chi connectivity index (χ0n) is 13.7. The number of nitrogens with zero attached hydrogens (tertiary/aromatic N) is 1. The van der Waals surface area contributed by atoms with E-state index in [-0.39, 0.29) is 12.5 Å². The van der Waals surface area contributed by atoms with Gasteiger partial charge < -0.3 is 9.64 Å². The van der Waals surface area contributed by atoms with Crippen molar-refractivity contribution in [1.29, 1.82) is 0 Å². The molecule has 1 fully saturated rings. The molecule has 120 valence electrons. The van der Waals surface area contributed by atoms with Crippen LogP contribution in [0.5, 0.6) is 0 Å². The van der Waals surface area contributed by atoms with Gasteiger partial charge in [-0.3, -0.25) is 4.79 Å². The number of benzene rings is 1. The van der Waals surface area contributed by atoms with E-state index in [1.807, 2.05) is 30.9 Å². The Balaban J connectivity index is 1.95. The van der Waals surface area contributed by atoms with Crippen LogP contribution in [0.4, 0.5) is 0 Å². The minimum Gasteiger partial charge on any atom is -0.452 e. The van der Waals surface area contributed by atoms with E-state index in [1.165, 1.54) is 6.42 Å². The highest BCUT2D eigenvalue weighted by Gasteiger charge is 2.26. The van der Waals surface area contributed by atoms with Crippen molar-refractivity contribution in [2.75, 3.05) is 13.2 Å². The number of carbonyl (C=O) groups is 2. The van der Waals surface area contributed by atoms with E-state index >= 15 is 0 Å². The van der Waals surface area contributed by atoms with Crippen LogP contribution in [0.1, 0.15) is 54.1 Å².